The second-order valence-corrected chi connectivity index (χ2v) is 4.61. The highest BCUT2D eigenvalue weighted by molar-refractivity contribution is 4.76. The monoisotopic (exact) mass is 199 g/mol. The van der Waals surface area contributed by atoms with E-state index >= 15 is 0 Å². The van der Waals surface area contributed by atoms with Crippen LogP contribution in [-0.2, 0) is 0 Å². The summed E-state index contributed by atoms with van der Waals surface area (Å²) in [5.41, 5.74) is 0. The summed E-state index contributed by atoms with van der Waals surface area (Å²) in [4.78, 5) is 0. The van der Waals surface area contributed by atoms with Crippen LogP contribution in [0.3, 0.4) is 0 Å². The Balaban J connectivity index is 2.13. The highest BCUT2D eigenvalue weighted by Gasteiger charge is 2.18. The molecular formula is C12H25NO. The maximum Gasteiger partial charge on any atom is 0.0431 e. The fourth-order valence-corrected chi connectivity index (χ4v) is 2.32. The van der Waals surface area contributed by atoms with E-state index in [1.54, 1.807) is 0 Å². The van der Waals surface area contributed by atoms with E-state index in [1.165, 1.54) is 32.1 Å². The van der Waals surface area contributed by atoms with E-state index in [0.717, 1.165) is 31.3 Å². The van der Waals surface area contributed by atoms with Crippen molar-refractivity contribution in [1.82, 2.24) is 5.32 Å². The van der Waals surface area contributed by atoms with Crippen LogP contribution in [0.25, 0.3) is 0 Å². The van der Waals surface area contributed by atoms with E-state index in [4.69, 9.17) is 5.11 Å². The lowest BCUT2D eigenvalue weighted by molar-refractivity contribution is 0.279. The van der Waals surface area contributed by atoms with Crippen molar-refractivity contribution < 1.29 is 5.11 Å². The summed E-state index contributed by atoms with van der Waals surface area (Å²) < 4.78 is 0. The van der Waals surface area contributed by atoms with E-state index < -0.39 is 0 Å². The molecule has 1 rings (SSSR count). The highest BCUT2D eigenvalue weighted by Crippen LogP contribution is 2.22. The van der Waals surface area contributed by atoms with Crippen LogP contribution in [0.15, 0.2) is 0 Å². The van der Waals surface area contributed by atoms with Gasteiger partial charge in [0, 0.05) is 12.6 Å². The molecule has 1 aliphatic rings. The summed E-state index contributed by atoms with van der Waals surface area (Å²) in [6.07, 6.45) is 9.00. The lowest BCUT2D eigenvalue weighted by atomic mass is 9.97. The van der Waals surface area contributed by atoms with E-state index in [-0.39, 0.29) is 0 Å². The van der Waals surface area contributed by atoms with Gasteiger partial charge in [-0.3, -0.25) is 0 Å². The van der Waals surface area contributed by atoms with Crippen LogP contribution in [-0.4, -0.2) is 24.3 Å². The highest BCUT2D eigenvalue weighted by atomic mass is 16.2. The molecule has 0 heterocycles. The Morgan fingerprint density at radius 2 is 1.93 bits per heavy atom. The van der Waals surface area contributed by atoms with Crippen LogP contribution in [0.1, 0.15) is 51.9 Å². The molecule has 0 aliphatic heterocycles. The SMILES string of the molecule is CC1CCCCCC1NCCCCO. The van der Waals surface area contributed by atoms with Gasteiger partial charge >= 0.3 is 0 Å². The first-order chi connectivity index (χ1) is 6.84. The van der Waals surface area contributed by atoms with Crippen molar-refractivity contribution in [2.75, 3.05) is 13.2 Å². The van der Waals surface area contributed by atoms with Gasteiger partial charge in [-0.05, 0) is 38.1 Å². The van der Waals surface area contributed by atoms with Gasteiger partial charge in [0.2, 0.25) is 0 Å². The Bertz CT molecular complexity index is 138. The predicted octanol–water partition coefficient (Wildman–Crippen LogP) is 2.32. The first kappa shape index (κ1) is 12.0. The molecule has 0 bridgehead atoms. The van der Waals surface area contributed by atoms with Crippen LogP contribution in [0.2, 0.25) is 0 Å². The zero-order valence-corrected chi connectivity index (χ0v) is 9.47. The van der Waals surface area contributed by atoms with E-state index in [9.17, 15) is 0 Å². The summed E-state index contributed by atoms with van der Waals surface area (Å²) in [5.74, 6) is 0.839. The summed E-state index contributed by atoms with van der Waals surface area (Å²) in [7, 11) is 0. The minimum absolute atomic E-state index is 0.335. The Kier molecular flexibility index (Phi) is 6.20. The summed E-state index contributed by atoms with van der Waals surface area (Å²) in [6, 6.07) is 0.733. The van der Waals surface area contributed by atoms with Gasteiger partial charge in [0.1, 0.15) is 0 Å². The second kappa shape index (κ2) is 7.24. The maximum absolute atomic E-state index is 8.67. The molecule has 84 valence electrons. The zero-order valence-electron chi connectivity index (χ0n) is 9.47. The van der Waals surface area contributed by atoms with Crippen LogP contribution >= 0.6 is 0 Å². The van der Waals surface area contributed by atoms with Gasteiger partial charge in [0.25, 0.3) is 0 Å². The number of aliphatic hydroxyl groups is 1. The smallest absolute Gasteiger partial charge is 0.0431 e. The van der Waals surface area contributed by atoms with E-state index in [0.29, 0.717) is 6.61 Å². The zero-order chi connectivity index (χ0) is 10.2. The van der Waals surface area contributed by atoms with Gasteiger partial charge in [0.05, 0.1) is 0 Å². The predicted molar refractivity (Wildman–Crippen MR) is 60.4 cm³/mol. The number of unbranched alkanes of at least 4 members (excludes halogenated alkanes) is 1. The Morgan fingerprint density at radius 1 is 1.14 bits per heavy atom. The van der Waals surface area contributed by atoms with Crippen LogP contribution in [0.4, 0.5) is 0 Å². The van der Waals surface area contributed by atoms with Gasteiger partial charge in [0.15, 0.2) is 0 Å². The summed E-state index contributed by atoms with van der Waals surface area (Å²) in [6.45, 7) is 3.78. The molecule has 0 amide bonds. The fraction of sp³-hybridized carbons (Fsp3) is 1.00. The van der Waals surface area contributed by atoms with E-state index in [2.05, 4.69) is 12.2 Å². The van der Waals surface area contributed by atoms with E-state index in [1.807, 2.05) is 0 Å². The number of hydrogen-bond donors (Lipinski definition) is 2. The van der Waals surface area contributed by atoms with Crippen molar-refractivity contribution in [3.8, 4) is 0 Å². The van der Waals surface area contributed by atoms with Gasteiger partial charge < -0.3 is 10.4 Å². The summed E-state index contributed by atoms with van der Waals surface area (Å²) in [5, 5.41) is 12.3. The number of hydrogen-bond acceptors (Lipinski definition) is 2. The number of aliphatic hydroxyl groups excluding tert-OH is 1. The topological polar surface area (TPSA) is 32.3 Å². The minimum Gasteiger partial charge on any atom is -0.396 e. The molecule has 2 unspecified atom stereocenters. The van der Waals surface area contributed by atoms with Crippen LogP contribution in [0.5, 0.6) is 0 Å². The first-order valence-corrected chi connectivity index (χ1v) is 6.19. The van der Waals surface area contributed by atoms with Gasteiger partial charge in [-0.25, -0.2) is 0 Å². The molecule has 0 aromatic heterocycles. The quantitative estimate of drug-likeness (QED) is 0.526. The third kappa shape index (κ3) is 4.43. The molecule has 1 fully saturated rings. The lowest BCUT2D eigenvalue weighted by Crippen LogP contribution is -2.34. The third-order valence-corrected chi connectivity index (χ3v) is 3.35. The molecule has 0 spiro atoms. The molecule has 2 heteroatoms. The molecule has 0 aromatic carbocycles. The minimum atomic E-state index is 0.335. The molecule has 1 aliphatic carbocycles. The van der Waals surface area contributed by atoms with Crippen molar-refractivity contribution in [1.29, 1.82) is 0 Å². The fourth-order valence-electron chi connectivity index (χ4n) is 2.32. The molecule has 2 N–H and O–H groups in total. The molecule has 0 saturated heterocycles. The van der Waals surface area contributed by atoms with Gasteiger partial charge in [-0.2, -0.15) is 0 Å². The molecule has 0 aromatic rings. The van der Waals surface area contributed by atoms with Crippen molar-refractivity contribution in [3.05, 3.63) is 0 Å². The lowest BCUT2D eigenvalue weighted by Gasteiger charge is -2.22. The maximum atomic E-state index is 8.67. The largest absolute Gasteiger partial charge is 0.396 e. The average Bonchev–Trinajstić information content (AvgIpc) is 2.39. The Labute approximate surface area is 88.1 Å². The number of nitrogens with one attached hydrogen (secondary N) is 1. The van der Waals surface area contributed by atoms with Gasteiger partial charge in [-0.15, -0.1) is 0 Å². The molecule has 0 radical (unpaired) electrons. The molecule has 14 heavy (non-hydrogen) atoms. The average molecular weight is 199 g/mol. The standard InChI is InChI=1S/C12H25NO/c1-11-7-3-2-4-8-12(11)13-9-5-6-10-14/h11-14H,2-10H2,1H3. The Morgan fingerprint density at radius 3 is 2.71 bits per heavy atom. The van der Waals surface area contributed by atoms with Crippen molar-refractivity contribution >= 4 is 0 Å². The van der Waals surface area contributed by atoms with Crippen molar-refractivity contribution in [2.45, 2.75) is 57.9 Å². The molecular weight excluding hydrogens is 174 g/mol. The first-order valence-electron chi connectivity index (χ1n) is 6.19. The van der Waals surface area contributed by atoms with Gasteiger partial charge in [-0.1, -0.05) is 26.2 Å². The van der Waals surface area contributed by atoms with Crippen molar-refractivity contribution in [3.63, 3.8) is 0 Å². The van der Waals surface area contributed by atoms with Crippen LogP contribution < -0.4 is 5.32 Å². The second-order valence-electron chi connectivity index (χ2n) is 4.61. The molecule has 2 atom stereocenters. The summed E-state index contributed by atoms with van der Waals surface area (Å²) >= 11 is 0. The third-order valence-electron chi connectivity index (χ3n) is 3.35. The van der Waals surface area contributed by atoms with Crippen molar-refractivity contribution in [2.24, 2.45) is 5.92 Å². The molecule has 1 saturated carbocycles. The van der Waals surface area contributed by atoms with Crippen LogP contribution in [0, 0.1) is 5.92 Å². The normalized spacial score (nSPS) is 28.7. The Hall–Kier alpha value is -0.0800. The molecule has 2 nitrogen and oxygen atoms in total. The number of rotatable bonds is 5.